The van der Waals surface area contributed by atoms with Gasteiger partial charge in [0.25, 0.3) is 5.78 Å². The largest absolute Gasteiger partial charge is 0.255 e. The van der Waals surface area contributed by atoms with Crippen LogP contribution in [0.25, 0.3) is 16.9 Å². The molecule has 0 aliphatic heterocycles. The van der Waals surface area contributed by atoms with Crippen LogP contribution in [0.2, 0.25) is 10.3 Å². The topological polar surface area (TPSA) is 43.1 Å². The minimum Gasteiger partial charge on any atom is -0.198 e. The van der Waals surface area contributed by atoms with Crippen LogP contribution in [0.1, 0.15) is 0 Å². The van der Waals surface area contributed by atoms with Crippen molar-refractivity contribution in [2.24, 2.45) is 0 Å². The third-order valence-corrected chi connectivity index (χ3v) is 3.01. The van der Waals surface area contributed by atoms with Crippen LogP contribution >= 0.6 is 23.2 Å². The minimum absolute atomic E-state index is 0.321. The monoisotopic (exact) mass is 264 g/mol. The van der Waals surface area contributed by atoms with E-state index in [2.05, 4.69) is 15.1 Å². The number of benzene rings is 1. The van der Waals surface area contributed by atoms with Crippen molar-refractivity contribution in [3.05, 3.63) is 47.0 Å². The SMILES string of the molecule is Clc1nc2ncnn2c(Cl)c1-c1ccccc1. The highest BCUT2D eigenvalue weighted by molar-refractivity contribution is 6.38. The van der Waals surface area contributed by atoms with Crippen LogP contribution in [-0.2, 0) is 0 Å². The summed E-state index contributed by atoms with van der Waals surface area (Å²) in [4.78, 5) is 8.09. The van der Waals surface area contributed by atoms with Crippen LogP contribution in [0.3, 0.4) is 0 Å². The zero-order valence-electron chi connectivity index (χ0n) is 8.51. The van der Waals surface area contributed by atoms with Crippen molar-refractivity contribution in [2.75, 3.05) is 0 Å². The average Bonchev–Trinajstić information content (AvgIpc) is 2.78. The minimum atomic E-state index is 0.321. The van der Waals surface area contributed by atoms with Crippen molar-refractivity contribution in [1.29, 1.82) is 0 Å². The van der Waals surface area contributed by atoms with Gasteiger partial charge in [-0.15, -0.1) is 0 Å². The molecule has 3 rings (SSSR count). The molecule has 6 heteroatoms. The van der Waals surface area contributed by atoms with E-state index in [1.54, 1.807) is 0 Å². The Hall–Kier alpha value is -1.65. The van der Waals surface area contributed by atoms with Gasteiger partial charge in [0.05, 0.1) is 5.56 Å². The van der Waals surface area contributed by atoms with Gasteiger partial charge < -0.3 is 0 Å². The van der Waals surface area contributed by atoms with E-state index in [0.29, 0.717) is 21.6 Å². The van der Waals surface area contributed by atoms with Crippen molar-refractivity contribution < 1.29 is 0 Å². The molecule has 1 aromatic carbocycles. The maximum Gasteiger partial charge on any atom is 0.255 e. The van der Waals surface area contributed by atoms with E-state index in [1.807, 2.05) is 30.3 Å². The molecule has 2 aromatic heterocycles. The number of aromatic nitrogens is 4. The van der Waals surface area contributed by atoms with Gasteiger partial charge in [0.2, 0.25) is 0 Å². The summed E-state index contributed by atoms with van der Waals surface area (Å²) in [6, 6.07) is 9.57. The lowest BCUT2D eigenvalue weighted by Gasteiger charge is -2.07. The molecular weight excluding hydrogens is 259 g/mol. The molecule has 4 nitrogen and oxygen atoms in total. The fourth-order valence-electron chi connectivity index (χ4n) is 1.63. The summed E-state index contributed by atoms with van der Waals surface area (Å²) >= 11 is 12.4. The van der Waals surface area contributed by atoms with Crippen LogP contribution in [0.15, 0.2) is 36.7 Å². The Bertz CT molecular complexity index is 679. The van der Waals surface area contributed by atoms with Crippen molar-refractivity contribution in [3.63, 3.8) is 0 Å². The molecular formula is C11H6Cl2N4. The van der Waals surface area contributed by atoms with Gasteiger partial charge >= 0.3 is 0 Å². The van der Waals surface area contributed by atoms with E-state index in [0.717, 1.165) is 5.56 Å². The average molecular weight is 265 g/mol. The quantitative estimate of drug-likeness (QED) is 0.635. The van der Waals surface area contributed by atoms with Crippen LogP contribution in [0.5, 0.6) is 0 Å². The molecule has 0 N–H and O–H groups in total. The maximum atomic E-state index is 6.26. The molecule has 0 fully saturated rings. The summed E-state index contributed by atoms with van der Waals surface area (Å²) in [6.07, 6.45) is 1.39. The van der Waals surface area contributed by atoms with Gasteiger partial charge in [-0.25, -0.2) is 0 Å². The summed E-state index contributed by atoms with van der Waals surface area (Å²) in [5.41, 5.74) is 1.55. The van der Waals surface area contributed by atoms with E-state index < -0.39 is 0 Å². The van der Waals surface area contributed by atoms with Crippen molar-refractivity contribution in [3.8, 4) is 11.1 Å². The lowest BCUT2D eigenvalue weighted by molar-refractivity contribution is 0.942. The Labute approximate surface area is 107 Å². The molecule has 0 unspecified atom stereocenters. The van der Waals surface area contributed by atoms with E-state index in [4.69, 9.17) is 23.2 Å². The van der Waals surface area contributed by atoms with E-state index in [9.17, 15) is 0 Å². The van der Waals surface area contributed by atoms with E-state index in [1.165, 1.54) is 10.8 Å². The van der Waals surface area contributed by atoms with Crippen LogP contribution in [0.4, 0.5) is 0 Å². The molecule has 0 amide bonds. The number of hydrogen-bond acceptors (Lipinski definition) is 3. The first kappa shape index (κ1) is 10.5. The fraction of sp³-hybridized carbons (Fsp3) is 0. The summed E-state index contributed by atoms with van der Waals surface area (Å²) in [7, 11) is 0. The van der Waals surface area contributed by atoms with E-state index in [-0.39, 0.29) is 0 Å². The normalized spacial score (nSPS) is 10.9. The Morgan fingerprint density at radius 3 is 2.59 bits per heavy atom. The molecule has 0 radical (unpaired) electrons. The van der Waals surface area contributed by atoms with Crippen LogP contribution in [0, 0.1) is 0 Å². The summed E-state index contributed by atoms with van der Waals surface area (Å²) in [6.45, 7) is 0. The zero-order valence-corrected chi connectivity index (χ0v) is 10.0. The molecule has 0 saturated heterocycles. The van der Waals surface area contributed by atoms with Gasteiger partial charge in [0.1, 0.15) is 16.6 Å². The molecule has 0 atom stereocenters. The van der Waals surface area contributed by atoms with Gasteiger partial charge in [-0.05, 0) is 5.56 Å². The summed E-state index contributed by atoms with van der Waals surface area (Å²) in [5.74, 6) is 0.389. The molecule has 17 heavy (non-hydrogen) atoms. The number of hydrogen-bond donors (Lipinski definition) is 0. The van der Waals surface area contributed by atoms with Gasteiger partial charge in [-0.3, -0.25) is 0 Å². The van der Waals surface area contributed by atoms with Crippen LogP contribution in [-0.4, -0.2) is 19.6 Å². The molecule has 84 valence electrons. The third-order valence-electron chi connectivity index (χ3n) is 2.39. The van der Waals surface area contributed by atoms with Gasteiger partial charge in [0, 0.05) is 0 Å². The first-order valence-electron chi connectivity index (χ1n) is 4.87. The summed E-state index contributed by atoms with van der Waals surface area (Å²) < 4.78 is 1.45. The molecule has 0 bridgehead atoms. The number of rotatable bonds is 1. The lowest BCUT2D eigenvalue weighted by Crippen LogP contribution is -1.97. The number of halogens is 2. The molecule has 3 aromatic rings. The highest BCUT2D eigenvalue weighted by Gasteiger charge is 2.15. The number of nitrogens with zero attached hydrogens (tertiary/aromatic N) is 4. The predicted molar refractivity (Wildman–Crippen MR) is 66.2 cm³/mol. The molecule has 2 heterocycles. The zero-order chi connectivity index (χ0) is 11.8. The highest BCUT2D eigenvalue weighted by atomic mass is 35.5. The second-order valence-corrected chi connectivity index (χ2v) is 4.12. The van der Waals surface area contributed by atoms with Crippen molar-refractivity contribution in [1.82, 2.24) is 19.6 Å². The van der Waals surface area contributed by atoms with Crippen LogP contribution < -0.4 is 0 Å². The first-order chi connectivity index (χ1) is 8.27. The number of fused-ring (bicyclic) bond motifs is 1. The predicted octanol–water partition coefficient (Wildman–Crippen LogP) is 3.10. The lowest BCUT2D eigenvalue weighted by atomic mass is 10.1. The standard InChI is InChI=1S/C11H6Cl2N4/c12-9-8(7-4-2-1-3-5-7)10(13)17-11(16-9)14-6-15-17/h1-6H. The second-order valence-electron chi connectivity index (χ2n) is 3.41. The molecule has 0 aliphatic carbocycles. The fourth-order valence-corrected chi connectivity index (χ4v) is 2.27. The Morgan fingerprint density at radius 2 is 1.82 bits per heavy atom. The Balaban J connectivity index is 2.36. The van der Waals surface area contributed by atoms with Gasteiger partial charge in [0.15, 0.2) is 0 Å². The Kier molecular flexibility index (Phi) is 2.46. The third kappa shape index (κ3) is 1.66. The molecule has 0 spiro atoms. The second kappa shape index (κ2) is 3.98. The van der Waals surface area contributed by atoms with Crippen molar-refractivity contribution in [2.45, 2.75) is 0 Å². The first-order valence-corrected chi connectivity index (χ1v) is 5.63. The van der Waals surface area contributed by atoms with Crippen molar-refractivity contribution >= 4 is 29.0 Å². The highest BCUT2D eigenvalue weighted by Crippen LogP contribution is 2.33. The smallest absolute Gasteiger partial charge is 0.198 e. The molecule has 0 saturated carbocycles. The molecule has 0 aliphatic rings. The Morgan fingerprint density at radius 1 is 1.06 bits per heavy atom. The summed E-state index contributed by atoms with van der Waals surface area (Å²) in [5, 5.41) is 4.73. The van der Waals surface area contributed by atoms with Gasteiger partial charge in [-0.1, -0.05) is 53.5 Å². The van der Waals surface area contributed by atoms with Gasteiger partial charge in [-0.2, -0.15) is 19.6 Å². The van der Waals surface area contributed by atoms with E-state index >= 15 is 0 Å². The maximum absolute atomic E-state index is 6.26.